The van der Waals surface area contributed by atoms with Gasteiger partial charge in [0.05, 0.1) is 32.0 Å². The molecule has 0 radical (unpaired) electrons. The van der Waals surface area contributed by atoms with Crippen molar-refractivity contribution in [3.8, 4) is 5.75 Å². The van der Waals surface area contributed by atoms with Gasteiger partial charge in [-0.25, -0.2) is 9.79 Å². The lowest BCUT2D eigenvalue weighted by Crippen LogP contribution is -2.40. The molecule has 10 heteroatoms. The number of fused-ring (bicyclic) bond motifs is 1. The number of halogens is 2. The minimum absolute atomic E-state index is 0.179. The van der Waals surface area contributed by atoms with Gasteiger partial charge in [0.15, 0.2) is 10.6 Å². The number of hydrogen-bond donors (Lipinski definition) is 0. The Hall–Kier alpha value is -3.10. The van der Waals surface area contributed by atoms with Gasteiger partial charge in [0.2, 0.25) is 0 Å². The average Bonchev–Trinajstić information content (AvgIpc) is 3.28. The lowest BCUT2D eigenvalue weighted by Gasteiger charge is -2.26. The minimum atomic E-state index is -0.766. The second kappa shape index (κ2) is 13.3. The molecule has 0 amide bonds. The zero-order valence-corrected chi connectivity index (χ0v) is 29.0. The summed E-state index contributed by atoms with van der Waals surface area (Å²) >= 11 is 5.54. The maximum absolute atomic E-state index is 14.2. The van der Waals surface area contributed by atoms with E-state index in [4.69, 9.17) is 14.5 Å². The van der Waals surface area contributed by atoms with Crippen LogP contribution in [0, 0.1) is 7.14 Å². The lowest BCUT2D eigenvalue weighted by molar-refractivity contribution is -0.139. The van der Waals surface area contributed by atoms with E-state index in [9.17, 15) is 14.4 Å². The van der Waals surface area contributed by atoms with E-state index in [1.54, 1.807) is 17.6 Å². The van der Waals surface area contributed by atoms with Gasteiger partial charge in [-0.2, -0.15) is 0 Å². The number of rotatable bonds is 7. The van der Waals surface area contributed by atoms with Gasteiger partial charge in [-0.3, -0.25) is 14.2 Å². The van der Waals surface area contributed by atoms with Crippen LogP contribution in [0.15, 0.2) is 82.1 Å². The maximum atomic E-state index is 14.2. The fourth-order valence-electron chi connectivity index (χ4n) is 4.90. The summed E-state index contributed by atoms with van der Waals surface area (Å²) in [5, 5.41) is 0. The molecule has 0 spiro atoms. The number of thiazole rings is 1. The predicted octanol–water partition coefficient (Wildman–Crippen LogP) is 6.19. The molecule has 0 unspecified atom stereocenters. The van der Waals surface area contributed by atoms with Crippen LogP contribution in [0.1, 0.15) is 61.9 Å². The molecule has 0 saturated carbocycles. The number of esters is 2. The van der Waals surface area contributed by atoms with Crippen LogP contribution in [0.3, 0.4) is 0 Å². The zero-order chi connectivity index (χ0) is 30.8. The molecule has 7 nitrogen and oxygen atoms in total. The molecule has 5 rings (SSSR count). The van der Waals surface area contributed by atoms with E-state index in [0.717, 1.165) is 23.8 Å². The van der Waals surface area contributed by atoms with E-state index in [0.29, 0.717) is 37.8 Å². The van der Waals surface area contributed by atoms with Crippen molar-refractivity contribution < 1.29 is 19.1 Å². The Morgan fingerprint density at radius 3 is 2.40 bits per heavy atom. The van der Waals surface area contributed by atoms with E-state index in [2.05, 4.69) is 59.0 Å². The Morgan fingerprint density at radius 1 is 1.07 bits per heavy atom. The first kappa shape index (κ1) is 31.3. The van der Waals surface area contributed by atoms with Gasteiger partial charge in [0.25, 0.3) is 5.56 Å². The van der Waals surface area contributed by atoms with Crippen LogP contribution in [0.2, 0.25) is 0 Å². The molecular formula is C33H28I2N2O5S. The van der Waals surface area contributed by atoms with E-state index >= 15 is 0 Å². The van der Waals surface area contributed by atoms with E-state index < -0.39 is 18.0 Å². The highest BCUT2D eigenvalue weighted by molar-refractivity contribution is 14.1. The van der Waals surface area contributed by atoms with E-state index in [1.165, 1.54) is 18.3 Å². The van der Waals surface area contributed by atoms with Crippen molar-refractivity contribution >= 4 is 80.2 Å². The van der Waals surface area contributed by atoms with Crippen LogP contribution >= 0.6 is 56.5 Å². The van der Waals surface area contributed by atoms with Gasteiger partial charge < -0.3 is 9.47 Å². The summed E-state index contributed by atoms with van der Waals surface area (Å²) < 4.78 is 14.7. The van der Waals surface area contributed by atoms with Gasteiger partial charge in [-0.1, -0.05) is 79.8 Å². The molecule has 2 heterocycles. The Morgan fingerprint density at radius 2 is 1.77 bits per heavy atom. The fourth-order valence-corrected chi connectivity index (χ4v) is 7.89. The van der Waals surface area contributed by atoms with Crippen molar-refractivity contribution in [2.24, 2.45) is 4.99 Å². The second-order valence-electron chi connectivity index (χ2n) is 10.2. The summed E-state index contributed by atoms with van der Waals surface area (Å²) in [6.45, 7) is 7.51. The Bertz CT molecular complexity index is 1930. The predicted molar refractivity (Wildman–Crippen MR) is 185 cm³/mol. The number of hydrogen-bond acceptors (Lipinski definition) is 7. The smallest absolute Gasteiger partial charge is 0.338 e. The third kappa shape index (κ3) is 6.55. The molecule has 1 atom stereocenters. The van der Waals surface area contributed by atoms with E-state index in [-0.39, 0.29) is 12.2 Å². The van der Waals surface area contributed by atoms with Crippen molar-refractivity contribution in [1.82, 2.24) is 4.57 Å². The van der Waals surface area contributed by atoms with Crippen LogP contribution in [0.25, 0.3) is 11.8 Å². The normalized spacial score (nSPS) is 14.9. The molecule has 4 aromatic rings. The molecule has 0 saturated heterocycles. The fraction of sp³-hybridized carbons (Fsp3) is 0.212. The molecule has 0 bridgehead atoms. The Balaban J connectivity index is 1.83. The third-order valence-electron chi connectivity index (χ3n) is 6.86. The summed E-state index contributed by atoms with van der Waals surface area (Å²) in [6, 6.07) is 20.4. The second-order valence-corrected chi connectivity index (χ2v) is 13.6. The molecule has 0 N–H and O–H groups in total. The summed E-state index contributed by atoms with van der Waals surface area (Å²) in [6.07, 6.45) is 1.72. The first-order valence-electron chi connectivity index (χ1n) is 13.6. The average molecular weight is 818 g/mol. The number of aromatic nitrogens is 1. The highest BCUT2D eigenvalue weighted by atomic mass is 127. The summed E-state index contributed by atoms with van der Waals surface area (Å²) in [7, 11) is 0. The molecular weight excluding hydrogens is 790 g/mol. The van der Waals surface area contributed by atoms with Gasteiger partial charge in [0.1, 0.15) is 0 Å². The third-order valence-corrected chi connectivity index (χ3v) is 9.27. The molecule has 1 aromatic heterocycles. The first-order chi connectivity index (χ1) is 20.6. The number of benzene rings is 3. The van der Waals surface area contributed by atoms with Gasteiger partial charge in [-0.15, -0.1) is 0 Å². The van der Waals surface area contributed by atoms with Gasteiger partial charge in [0, 0.05) is 21.6 Å². The molecule has 0 aliphatic carbocycles. The molecule has 3 aromatic carbocycles. The molecule has 220 valence electrons. The lowest BCUT2D eigenvalue weighted by atomic mass is 9.91. The summed E-state index contributed by atoms with van der Waals surface area (Å²) in [5.41, 5.74) is 3.72. The van der Waals surface area contributed by atoms with Crippen molar-refractivity contribution in [2.45, 2.75) is 39.7 Å². The van der Waals surface area contributed by atoms with E-state index in [1.807, 2.05) is 66.7 Å². The van der Waals surface area contributed by atoms with Crippen LogP contribution in [-0.4, -0.2) is 23.1 Å². The van der Waals surface area contributed by atoms with Crippen molar-refractivity contribution in [3.05, 3.63) is 121 Å². The van der Waals surface area contributed by atoms with Crippen LogP contribution in [-0.2, 0) is 14.3 Å². The molecule has 43 heavy (non-hydrogen) atoms. The highest BCUT2D eigenvalue weighted by Gasteiger charge is 2.35. The van der Waals surface area contributed by atoms with Crippen LogP contribution in [0.5, 0.6) is 5.75 Å². The van der Waals surface area contributed by atoms with Crippen molar-refractivity contribution in [3.63, 3.8) is 0 Å². The van der Waals surface area contributed by atoms with Crippen LogP contribution in [0.4, 0.5) is 0 Å². The topological polar surface area (TPSA) is 87.0 Å². The number of carbonyl (C=O) groups is 2. The summed E-state index contributed by atoms with van der Waals surface area (Å²) in [5.74, 6) is -0.274. The first-order valence-corrected chi connectivity index (χ1v) is 16.6. The van der Waals surface area contributed by atoms with Gasteiger partial charge in [-0.05, 0) is 87.4 Å². The van der Waals surface area contributed by atoms with Crippen molar-refractivity contribution in [2.75, 3.05) is 6.61 Å². The molecule has 1 aliphatic heterocycles. The maximum Gasteiger partial charge on any atom is 0.338 e. The summed E-state index contributed by atoms with van der Waals surface area (Å²) in [4.78, 5) is 45.2. The number of carbonyl (C=O) groups excluding carboxylic acids is 2. The SMILES string of the molecule is CCOC(=O)C1=C(c2ccccc2)N=c2s/c(=C\c3cc(I)cc(I)c3OC(C)=O)c(=O)n2[C@H]1c1ccc(C(C)C)cc1. The minimum Gasteiger partial charge on any atom is -0.463 e. The Labute approximate surface area is 280 Å². The quantitative estimate of drug-likeness (QED) is 0.126. The van der Waals surface area contributed by atoms with Crippen molar-refractivity contribution in [1.29, 1.82) is 0 Å². The van der Waals surface area contributed by atoms with Crippen LogP contribution < -0.4 is 19.6 Å². The number of nitrogens with zero attached hydrogens (tertiary/aromatic N) is 2. The number of ether oxygens (including phenoxy) is 2. The standard InChI is InChI=1S/C33H28I2N2O5S/c1-5-41-32(40)27-28(21-9-7-6-8-10-21)36-33-37(29(27)22-13-11-20(12-14-22)18(2)3)31(39)26(43-33)16-23-15-24(34)17-25(35)30(23)42-19(4)38/h6-18,29H,5H2,1-4H3/b26-16-/t29-/m0/s1. The zero-order valence-electron chi connectivity index (χ0n) is 23.9. The monoisotopic (exact) mass is 818 g/mol. The van der Waals surface area contributed by atoms with Gasteiger partial charge >= 0.3 is 11.9 Å². The molecule has 0 fully saturated rings. The Kier molecular flexibility index (Phi) is 9.67. The largest absolute Gasteiger partial charge is 0.463 e. The molecule has 1 aliphatic rings. The highest BCUT2D eigenvalue weighted by Crippen LogP contribution is 2.36.